The molecule has 0 aromatic carbocycles. The molecule has 0 saturated heterocycles. The van der Waals surface area contributed by atoms with Crippen molar-refractivity contribution in [3.05, 3.63) is 0 Å². The van der Waals surface area contributed by atoms with Crippen LogP contribution >= 0.6 is 0 Å². The van der Waals surface area contributed by atoms with Crippen molar-refractivity contribution in [3.63, 3.8) is 0 Å². The average molecular weight is 201 g/mol. The zero-order valence-electron chi connectivity index (χ0n) is 8.82. The van der Waals surface area contributed by atoms with Gasteiger partial charge in [-0.25, -0.2) is 0 Å². The van der Waals surface area contributed by atoms with Crippen molar-refractivity contribution in [3.8, 4) is 0 Å². The molecule has 0 aromatic rings. The molecule has 1 rings (SSSR count). The van der Waals surface area contributed by atoms with Crippen molar-refractivity contribution in [2.75, 3.05) is 20.3 Å². The smallest absolute Gasteiger partial charge is 0.308 e. The summed E-state index contributed by atoms with van der Waals surface area (Å²) in [5.74, 6) is -0.409. The first-order valence-electron chi connectivity index (χ1n) is 5.10. The Morgan fingerprint density at radius 1 is 1.64 bits per heavy atom. The van der Waals surface area contributed by atoms with Crippen LogP contribution in [0.1, 0.15) is 19.8 Å². The van der Waals surface area contributed by atoms with E-state index in [1.54, 1.807) is 7.11 Å². The van der Waals surface area contributed by atoms with E-state index in [0.29, 0.717) is 5.92 Å². The van der Waals surface area contributed by atoms with Crippen molar-refractivity contribution in [2.24, 2.45) is 11.8 Å². The second-order valence-electron chi connectivity index (χ2n) is 4.10. The summed E-state index contributed by atoms with van der Waals surface area (Å²) in [6, 6.07) is 0.173. The number of carboxylic acids is 1. The molecule has 0 spiro atoms. The molecule has 4 heteroatoms. The number of hydrogen-bond donors (Lipinski definition) is 2. The van der Waals surface area contributed by atoms with Gasteiger partial charge in [-0.2, -0.15) is 0 Å². The van der Waals surface area contributed by atoms with E-state index in [2.05, 4.69) is 12.2 Å². The Labute approximate surface area is 84.6 Å². The number of nitrogens with one attached hydrogen (secondary N) is 1. The average Bonchev–Trinajstić information content (AvgIpc) is 2.01. The van der Waals surface area contributed by atoms with Crippen LogP contribution in [0.2, 0.25) is 0 Å². The van der Waals surface area contributed by atoms with Gasteiger partial charge in [0.05, 0.1) is 5.92 Å². The minimum absolute atomic E-state index is 0.173. The number of aliphatic carboxylic acids is 1. The molecule has 1 fully saturated rings. The standard InChI is InChI=1S/C10H19NO3/c1-7(6-14-2)5-11-9-4-3-8(9)10(12)13/h7-9,11H,3-6H2,1-2H3,(H,12,13). The lowest BCUT2D eigenvalue weighted by Gasteiger charge is -2.34. The summed E-state index contributed by atoms with van der Waals surface area (Å²) in [7, 11) is 1.68. The van der Waals surface area contributed by atoms with Crippen LogP contribution in [0, 0.1) is 11.8 Å². The summed E-state index contributed by atoms with van der Waals surface area (Å²) < 4.78 is 5.01. The van der Waals surface area contributed by atoms with Gasteiger partial charge >= 0.3 is 5.97 Å². The maximum Gasteiger partial charge on any atom is 0.308 e. The topological polar surface area (TPSA) is 58.6 Å². The van der Waals surface area contributed by atoms with Crippen LogP contribution in [0.25, 0.3) is 0 Å². The molecule has 0 amide bonds. The van der Waals surface area contributed by atoms with E-state index >= 15 is 0 Å². The second kappa shape index (κ2) is 5.32. The van der Waals surface area contributed by atoms with Crippen molar-refractivity contribution < 1.29 is 14.6 Å². The van der Waals surface area contributed by atoms with E-state index in [-0.39, 0.29) is 12.0 Å². The fourth-order valence-electron chi connectivity index (χ4n) is 1.74. The second-order valence-corrected chi connectivity index (χ2v) is 4.10. The lowest BCUT2D eigenvalue weighted by atomic mass is 9.79. The normalized spacial score (nSPS) is 28.1. The van der Waals surface area contributed by atoms with Crippen LogP contribution < -0.4 is 5.32 Å². The molecule has 1 aliphatic rings. The minimum atomic E-state index is -0.673. The predicted molar refractivity (Wildman–Crippen MR) is 53.2 cm³/mol. The van der Waals surface area contributed by atoms with Crippen molar-refractivity contribution in [1.29, 1.82) is 0 Å². The van der Waals surface area contributed by atoms with E-state index in [0.717, 1.165) is 26.0 Å². The van der Waals surface area contributed by atoms with Gasteiger partial charge in [0, 0.05) is 26.3 Å². The fraction of sp³-hybridized carbons (Fsp3) is 0.900. The van der Waals surface area contributed by atoms with Crippen molar-refractivity contribution in [2.45, 2.75) is 25.8 Å². The molecule has 14 heavy (non-hydrogen) atoms. The summed E-state index contributed by atoms with van der Waals surface area (Å²) in [5.41, 5.74) is 0. The van der Waals surface area contributed by atoms with Gasteiger partial charge < -0.3 is 15.2 Å². The third-order valence-electron chi connectivity index (χ3n) is 2.77. The molecular formula is C10H19NO3. The highest BCUT2D eigenvalue weighted by atomic mass is 16.5. The molecule has 82 valence electrons. The van der Waals surface area contributed by atoms with Crippen LogP contribution in [0.15, 0.2) is 0 Å². The molecule has 0 bridgehead atoms. The first-order valence-corrected chi connectivity index (χ1v) is 5.10. The highest BCUT2D eigenvalue weighted by molar-refractivity contribution is 5.72. The zero-order valence-corrected chi connectivity index (χ0v) is 8.82. The molecular weight excluding hydrogens is 182 g/mol. The summed E-state index contributed by atoms with van der Waals surface area (Å²) in [6.45, 7) is 3.64. The molecule has 0 heterocycles. The lowest BCUT2D eigenvalue weighted by molar-refractivity contribution is -0.146. The predicted octanol–water partition coefficient (Wildman–Crippen LogP) is 0.722. The van der Waals surface area contributed by atoms with Gasteiger partial charge in [-0.05, 0) is 18.8 Å². The van der Waals surface area contributed by atoms with E-state index in [9.17, 15) is 4.79 Å². The first-order chi connectivity index (χ1) is 6.65. The molecule has 0 aromatic heterocycles. The van der Waals surface area contributed by atoms with Gasteiger partial charge in [-0.3, -0.25) is 4.79 Å². The van der Waals surface area contributed by atoms with Crippen LogP contribution in [-0.4, -0.2) is 37.4 Å². The maximum absolute atomic E-state index is 10.7. The first kappa shape index (κ1) is 11.5. The summed E-state index contributed by atoms with van der Waals surface area (Å²) in [5, 5.41) is 12.1. The monoisotopic (exact) mass is 201 g/mol. The van der Waals surface area contributed by atoms with Gasteiger partial charge in [0.25, 0.3) is 0 Å². The maximum atomic E-state index is 10.7. The van der Waals surface area contributed by atoms with Gasteiger partial charge in [0.15, 0.2) is 0 Å². The summed E-state index contributed by atoms with van der Waals surface area (Å²) in [4.78, 5) is 10.7. The molecule has 4 nitrogen and oxygen atoms in total. The number of methoxy groups -OCH3 is 1. The van der Waals surface area contributed by atoms with Gasteiger partial charge in [-0.15, -0.1) is 0 Å². The summed E-state index contributed by atoms with van der Waals surface area (Å²) in [6.07, 6.45) is 1.79. The largest absolute Gasteiger partial charge is 0.481 e. The Balaban J connectivity index is 2.15. The highest BCUT2D eigenvalue weighted by Crippen LogP contribution is 2.27. The number of carboxylic acid groups (broad SMARTS) is 1. The molecule has 3 unspecified atom stereocenters. The molecule has 0 aliphatic heterocycles. The quantitative estimate of drug-likeness (QED) is 0.665. The molecule has 0 radical (unpaired) electrons. The third kappa shape index (κ3) is 2.96. The fourth-order valence-corrected chi connectivity index (χ4v) is 1.74. The van der Waals surface area contributed by atoms with Gasteiger partial charge in [0.2, 0.25) is 0 Å². The Morgan fingerprint density at radius 2 is 2.36 bits per heavy atom. The number of ether oxygens (including phenoxy) is 1. The SMILES string of the molecule is COCC(C)CNC1CCC1C(=O)O. The Hall–Kier alpha value is -0.610. The van der Waals surface area contributed by atoms with Crippen LogP contribution in [0.5, 0.6) is 0 Å². The molecule has 1 aliphatic carbocycles. The molecule has 3 atom stereocenters. The Morgan fingerprint density at radius 3 is 2.79 bits per heavy atom. The zero-order chi connectivity index (χ0) is 10.6. The van der Waals surface area contributed by atoms with Crippen molar-refractivity contribution >= 4 is 5.97 Å². The number of carbonyl (C=O) groups is 1. The highest BCUT2D eigenvalue weighted by Gasteiger charge is 2.36. The van der Waals surface area contributed by atoms with E-state index < -0.39 is 5.97 Å². The minimum Gasteiger partial charge on any atom is -0.481 e. The van der Waals surface area contributed by atoms with Gasteiger partial charge in [-0.1, -0.05) is 6.92 Å². The molecule has 1 saturated carbocycles. The van der Waals surface area contributed by atoms with Crippen LogP contribution in [0.4, 0.5) is 0 Å². The Kier molecular flexibility index (Phi) is 4.35. The summed E-state index contributed by atoms with van der Waals surface area (Å²) >= 11 is 0. The third-order valence-corrected chi connectivity index (χ3v) is 2.77. The lowest BCUT2D eigenvalue weighted by Crippen LogP contribution is -2.49. The number of rotatable bonds is 6. The van der Waals surface area contributed by atoms with E-state index in [1.807, 2.05) is 0 Å². The Bertz CT molecular complexity index is 196. The molecule has 2 N–H and O–H groups in total. The van der Waals surface area contributed by atoms with Crippen LogP contribution in [-0.2, 0) is 9.53 Å². The van der Waals surface area contributed by atoms with Crippen molar-refractivity contribution in [1.82, 2.24) is 5.32 Å². The van der Waals surface area contributed by atoms with E-state index in [4.69, 9.17) is 9.84 Å². The van der Waals surface area contributed by atoms with E-state index in [1.165, 1.54) is 0 Å². The number of hydrogen-bond acceptors (Lipinski definition) is 3. The van der Waals surface area contributed by atoms with Crippen LogP contribution in [0.3, 0.4) is 0 Å². The van der Waals surface area contributed by atoms with Gasteiger partial charge in [0.1, 0.15) is 0 Å².